The molecule has 0 atom stereocenters. The van der Waals surface area contributed by atoms with E-state index in [0.717, 1.165) is 18.5 Å². The third kappa shape index (κ3) is 5.22. The molecule has 0 amide bonds. The molecule has 0 radical (unpaired) electrons. The van der Waals surface area contributed by atoms with Gasteiger partial charge in [-0.3, -0.25) is 0 Å². The van der Waals surface area contributed by atoms with Crippen molar-refractivity contribution in [2.75, 3.05) is 0 Å². The summed E-state index contributed by atoms with van der Waals surface area (Å²) < 4.78 is 4.43. The number of nitrogens with zero attached hydrogens (tertiary/aromatic N) is 2. The molecule has 2 aromatic rings. The molecule has 130 valence electrons. The fourth-order valence-electron chi connectivity index (χ4n) is 3.03. The zero-order valence-corrected chi connectivity index (χ0v) is 14.8. The fourth-order valence-corrected chi connectivity index (χ4v) is 3.03. The van der Waals surface area contributed by atoms with Crippen molar-refractivity contribution in [1.29, 1.82) is 0 Å². The number of aryl methyl sites for hydroxylation is 1. The molecule has 0 saturated carbocycles. The molecule has 0 aliphatic heterocycles. The van der Waals surface area contributed by atoms with E-state index in [-0.39, 0.29) is 5.56 Å². The van der Waals surface area contributed by atoms with Gasteiger partial charge in [0.1, 0.15) is 18.9 Å². The van der Waals surface area contributed by atoms with Crippen molar-refractivity contribution in [2.45, 2.75) is 58.4 Å². The number of hydrogen-bond acceptors (Lipinski definition) is 2. The molecule has 0 spiro atoms. The summed E-state index contributed by atoms with van der Waals surface area (Å²) in [6.45, 7) is 3.01. The van der Waals surface area contributed by atoms with Crippen LogP contribution in [0.4, 0.5) is 0 Å². The highest BCUT2D eigenvalue weighted by Crippen LogP contribution is 2.11. The van der Waals surface area contributed by atoms with Crippen molar-refractivity contribution in [3.63, 3.8) is 0 Å². The first kappa shape index (κ1) is 18.2. The topological polar surface area (TPSA) is 48.9 Å². The molecule has 4 heteroatoms. The quantitative estimate of drug-likeness (QED) is 0.497. The monoisotopic (exact) mass is 328 g/mol. The highest BCUT2D eigenvalue weighted by molar-refractivity contribution is 5.85. The number of carbonyl (C=O) groups is 1. The van der Waals surface area contributed by atoms with E-state index < -0.39 is 5.97 Å². The van der Waals surface area contributed by atoms with E-state index in [4.69, 9.17) is 0 Å². The van der Waals surface area contributed by atoms with Crippen LogP contribution in [0.15, 0.2) is 36.7 Å². The lowest BCUT2D eigenvalue weighted by molar-refractivity contribution is -0.678. The second-order valence-corrected chi connectivity index (χ2v) is 6.46. The van der Waals surface area contributed by atoms with Gasteiger partial charge in [0.15, 0.2) is 0 Å². The third-order valence-corrected chi connectivity index (χ3v) is 4.51. The Labute approximate surface area is 144 Å². The van der Waals surface area contributed by atoms with E-state index in [0.29, 0.717) is 0 Å². The molecule has 0 saturated heterocycles. The van der Waals surface area contributed by atoms with Crippen LogP contribution in [0.3, 0.4) is 0 Å². The smallest absolute Gasteiger partial charge is 0.256 e. The first-order valence-corrected chi connectivity index (χ1v) is 8.95. The van der Waals surface area contributed by atoms with Gasteiger partial charge < -0.3 is 9.90 Å². The largest absolute Gasteiger partial charge is 0.545 e. The number of carbonyl (C=O) groups excluding carboxylic acids is 1. The molecule has 24 heavy (non-hydrogen) atoms. The van der Waals surface area contributed by atoms with E-state index in [1.54, 1.807) is 12.1 Å². The van der Waals surface area contributed by atoms with Crippen molar-refractivity contribution < 1.29 is 14.5 Å². The summed E-state index contributed by atoms with van der Waals surface area (Å²) in [7, 11) is 2.09. The van der Waals surface area contributed by atoms with Crippen molar-refractivity contribution in [2.24, 2.45) is 7.05 Å². The van der Waals surface area contributed by atoms with Gasteiger partial charge in [-0.05, 0) is 17.5 Å². The van der Waals surface area contributed by atoms with Gasteiger partial charge in [-0.1, -0.05) is 63.3 Å². The van der Waals surface area contributed by atoms with E-state index in [1.165, 1.54) is 44.3 Å². The Bertz CT molecular complexity index is 644. The Morgan fingerprint density at radius 1 is 1.08 bits per heavy atom. The van der Waals surface area contributed by atoms with Crippen molar-refractivity contribution in [1.82, 2.24) is 4.57 Å². The minimum absolute atomic E-state index is 0.226. The summed E-state index contributed by atoms with van der Waals surface area (Å²) in [6.07, 6.45) is 13.0. The molecular formula is C20H28N2O2. The maximum atomic E-state index is 10.8. The lowest BCUT2D eigenvalue weighted by atomic mass is 10.1. The average Bonchev–Trinajstić information content (AvgIpc) is 2.91. The van der Waals surface area contributed by atoms with Gasteiger partial charge in [-0.25, -0.2) is 9.13 Å². The maximum Gasteiger partial charge on any atom is 0.256 e. The number of imidazole rings is 1. The molecule has 0 bridgehead atoms. The minimum Gasteiger partial charge on any atom is -0.545 e. The number of unbranched alkanes of at least 4 members (excludes halogenated alkanes) is 5. The van der Waals surface area contributed by atoms with E-state index in [1.807, 2.05) is 12.1 Å². The van der Waals surface area contributed by atoms with Crippen LogP contribution in [0.25, 0.3) is 0 Å². The fraction of sp³-hybridized carbons (Fsp3) is 0.500. The van der Waals surface area contributed by atoms with Gasteiger partial charge in [0.25, 0.3) is 5.82 Å². The Morgan fingerprint density at radius 2 is 1.75 bits per heavy atom. The van der Waals surface area contributed by atoms with Crippen molar-refractivity contribution in [3.05, 3.63) is 53.6 Å². The number of rotatable bonds is 10. The predicted molar refractivity (Wildman–Crippen MR) is 92.6 cm³/mol. The number of hydrogen-bond donors (Lipinski definition) is 0. The van der Waals surface area contributed by atoms with Crippen LogP contribution in [0.2, 0.25) is 0 Å². The normalized spacial score (nSPS) is 10.9. The zero-order valence-electron chi connectivity index (χ0n) is 14.8. The van der Waals surface area contributed by atoms with Crippen LogP contribution in [-0.2, 0) is 20.0 Å². The average molecular weight is 328 g/mol. The molecule has 1 heterocycles. The highest BCUT2D eigenvalue weighted by Gasteiger charge is 2.14. The predicted octanol–water partition coefficient (Wildman–Crippen LogP) is 2.63. The Kier molecular flexibility index (Phi) is 7.04. The molecule has 4 nitrogen and oxygen atoms in total. The summed E-state index contributed by atoms with van der Waals surface area (Å²) in [5, 5.41) is 10.8. The molecule has 0 aliphatic rings. The maximum absolute atomic E-state index is 10.8. The van der Waals surface area contributed by atoms with Crippen LogP contribution in [0.1, 0.15) is 67.2 Å². The number of aromatic carboxylic acids is 1. The molecule has 1 aromatic carbocycles. The molecule has 0 unspecified atom stereocenters. The standard InChI is InChI=1S/C20H28N2O2/c1-3-4-5-6-7-8-9-19-21(2)14-15-22(19)16-17-10-12-18(13-11-17)20(23)24/h10-15H,3-9,16H2,1-2H3. The summed E-state index contributed by atoms with van der Waals surface area (Å²) in [5.74, 6) is 0.187. The van der Waals surface area contributed by atoms with Crippen LogP contribution >= 0.6 is 0 Å². The molecule has 0 fully saturated rings. The van der Waals surface area contributed by atoms with E-state index >= 15 is 0 Å². The second kappa shape index (κ2) is 9.26. The Balaban J connectivity index is 1.92. The molecule has 0 N–H and O–H groups in total. The number of carboxylic acids is 1. The summed E-state index contributed by atoms with van der Waals surface area (Å²) in [5.41, 5.74) is 1.32. The first-order valence-electron chi connectivity index (χ1n) is 8.95. The Morgan fingerprint density at radius 3 is 2.42 bits per heavy atom. The summed E-state index contributed by atoms with van der Waals surface area (Å²) in [6, 6.07) is 6.95. The summed E-state index contributed by atoms with van der Waals surface area (Å²) >= 11 is 0. The third-order valence-electron chi connectivity index (χ3n) is 4.51. The lowest BCUT2D eigenvalue weighted by Crippen LogP contribution is -2.32. The van der Waals surface area contributed by atoms with Crippen molar-refractivity contribution >= 4 is 5.97 Å². The number of benzene rings is 1. The van der Waals surface area contributed by atoms with Gasteiger partial charge in [-0.15, -0.1) is 0 Å². The minimum atomic E-state index is -1.13. The van der Waals surface area contributed by atoms with Crippen LogP contribution in [0.5, 0.6) is 0 Å². The van der Waals surface area contributed by atoms with Crippen LogP contribution < -0.4 is 9.67 Å². The Hall–Kier alpha value is -2.10. The molecule has 2 rings (SSSR count). The summed E-state index contributed by atoms with van der Waals surface area (Å²) in [4.78, 5) is 10.8. The van der Waals surface area contributed by atoms with Crippen LogP contribution in [0, 0.1) is 0 Å². The van der Waals surface area contributed by atoms with Crippen molar-refractivity contribution in [3.8, 4) is 0 Å². The van der Waals surface area contributed by atoms with Gasteiger partial charge in [-0.2, -0.15) is 0 Å². The second-order valence-electron chi connectivity index (χ2n) is 6.46. The zero-order chi connectivity index (χ0) is 17.4. The molecular weight excluding hydrogens is 300 g/mol. The number of aromatic nitrogens is 2. The van der Waals surface area contributed by atoms with Crippen LogP contribution in [-0.4, -0.2) is 10.5 Å². The first-order chi connectivity index (χ1) is 11.6. The number of carboxylic acid groups (broad SMARTS) is 1. The van der Waals surface area contributed by atoms with E-state index in [2.05, 4.69) is 35.5 Å². The highest BCUT2D eigenvalue weighted by atomic mass is 16.4. The van der Waals surface area contributed by atoms with Gasteiger partial charge in [0.2, 0.25) is 0 Å². The lowest BCUT2D eigenvalue weighted by Gasteiger charge is -2.06. The van der Waals surface area contributed by atoms with Gasteiger partial charge >= 0.3 is 0 Å². The van der Waals surface area contributed by atoms with E-state index in [9.17, 15) is 9.90 Å². The molecule has 0 aliphatic carbocycles. The molecule has 1 aromatic heterocycles. The van der Waals surface area contributed by atoms with Gasteiger partial charge in [0.05, 0.1) is 13.0 Å². The SMILES string of the molecule is CCCCCCCCc1n(Cc2ccc(C(=O)[O-])cc2)cc[n+]1C. The van der Waals surface area contributed by atoms with Gasteiger partial charge in [0, 0.05) is 6.42 Å².